The van der Waals surface area contributed by atoms with Crippen LogP contribution in [0.5, 0.6) is 5.75 Å². The quantitative estimate of drug-likeness (QED) is 0.814. The summed E-state index contributed by atoms with van der Waals surface area (Å²) in [5, 5.41) is 0. The zero-order valence-electron chi connectivity index (χ0n) is 12.3. The minimum atomic E-state index is 0. The van der Waals surface area contributed by atoms with E-state index in [0.717, 1.165) is 30.0 Å². The highest BCUT2D eigenvalue weighted by atomic mass is 35.5. The maximum Gasteiger partial charge on any atom is 0.233 e. The molecule has 118 valence electrons. The van der Waals surface area contributed by atoms with Gasteiger partial charge in [-0.2, -0.15) is 0 Å². The number of thioether (sulfide) groups is 1. The van der Waals surface area contributed by atoms with Crippen molar-refractivity contribution >= 4 is 30.1 Å². The van der Waals surface area contributed by atoms with Gasteiger partial charge in [-0.05, 0) is 44.0 Å². The molecule has 1 aliphatic heterocycles. The molecule has 0 aromatic heterocycles. The van der Waals surface area contributed by atoms with Crippen molar-refractivity contribution in [3.63, 3.8) is 0 Å². The normalized spacial score (nSPS) is 17.4. The Labute approximate surface area is 136 Å². The maximum atomic E-state index is 12.2. The van der Waals surface area contributed by atoms with E-state index in [1.54, 1.807) is 11.8 Å². The van der Waals surface area contributed by atoms with E-state index >= 15 is 0 Å². The summed E-state index contributed by atoms with van der Waals surface area (Å²) in [4.78, 5) is 15.2. The topological polar surface area (TPSA) is 55.6 Å². The second-order valence-electron chi connectivity index (χ2n) is 4.81. The van der Waals surface area contributed by atoms with E-state index < -0.39 is 0 Å². The molecule has 1 unspecified atom stereocenters. The number of carbonyl (C=O) groups is 1. The minimum absolute atomic E-state index is 0. The number of hydrogen-bond acceptors (Lipinski definition) is 4. The van der Waals surface area contributed by atoms with Crippen molar-refractivity contribution in [3.8, 4) is 5.75 Å². The van der Waals surface area contributed by atoms with Crippen molar-refractivity contribution in [1.29, 1.82) is 0 Å². The van der Waals surface area contributed by atoms with Gasteiger partial charge in [0.25, 0.3) is 0 Å². The van der Waals surface area contributed by atoms with E-state index in [1.165, 1.54) is 0 Å². The Balaban J connectivity index is 0.00000220. The van der Waals surface area contributed by atoms with Crippen molar-refractivity contribution in [2.75, 3.05) is 25.4 Å². The molecular formula is C15H23ClN2O2S. The molecule has 2 rings (SSSR count). The van der Waals surface area contributed by atoms with Gasteiger partial charge in [-0.25, -0.2) is 0 Å². The predicted octanol–water partition coefficient (Wildman–Crippen LogP) is 2.55. The number of rotatable bonds is 6. The van der Waals surface area contributed by atoms with E-state index in [0.29, 0.717) is 18.9 Å². The van der Waals surface area contributed by atoms with Crippen LogP contribution < -0.4 is 10.5 Å². The molecule has 0 saturated carbocycles. The third kappa shape index (κ3) is 5.09. The highest BCUT2D eigenvalue weighted by Crippen LogP contribution is 2.23. The highest BCUT2D eigenvalue weighted by molar-refractivity contribution is 8.00. The van der Waals surface area contributed by atoms with Gasteiger partial charge in [0.15, 0.2) is 0 Å². The summed E-state index contributed by atoms with van der Waals surface area (Å²) in [6.07, 6.45) is 2.11. The number of ether oxygens (including phenoxy) is 1. The Kier molecular flexibility index (Phi) is 7.93. The van der Waals surface area contributed by atoms with Gasteiger partial charge in [-0.3, -0.25) is 4.79 Å². The van der Waals surface area contributed by atoms with Gasteiger partial charge in [0.2, 0.25) is 5.91 Å². The molecule has 1 fully saturated rings. The van der Waals surface area contributed by atoms with E-state index in [1.807, 2.05) is 36.1 Å². The Morgan fingerprint density at radius 2 is 2.14 bits per heavy atom. The lowest BCUT2D eigenvalue weighted by Crippen LogP contribution is -2.40. The van der Waals surface area contributed by atoms with Crippen LogP contribution in [0.2, 0.25) is 0 Å². The molecule has 6 heteroatoms. The fourth-order valence-electron chi connectivity index (χ4n) is 2.44. The zero-order chi connectivity index (χ0) is 14.4. The smallest absolute Gasteiger partial charge is 0.233 e. The number of halogens is 1. The van der Waals surface area contributed by atoms with E-state index in [2.05, 4.69) is 0 Å². The molecule has 1 heterocycles. The maximum absolute atomic E-state index is 12.2. The van der Waals surface area contributed by atoms with E-state index in [9.17, 15) is 4.79 Å². The van der Waals surface area contributed by atoms with Crippen LogP contribution in [0.15, 0.2) is 29.2 Å². The molecule has 21 heavy (non-hydrogen) atoms. The van der Waals surface area contributed by atoms with Gasteiger partial charge in [0, 0.05) is 24.0 Å². The predicted molar refractivity (Wildman–Crippen MR) is 89.4 cm³/mol. The zero-order valence-corrected chi connectivity index (χ0v) is 13.9. The summed E-state index contributed by atoms with van der Waals surface area (Å²) in [5.74, 6) is 1.53. The van der Waals surface area contributed by atoms with Gasteiger partial charge in [-0.15, -0.1) is 24.2 Å². The average molecular weight is 331 g/mol. The number of amides is 1. The van der Waals surface area contributed by atoms with Crippen molar-refractivity contribution in [2.24, 2.45) is 5.73 Å². The Bertz CT molecular complexity index is 442. The van der Waals surface area contributed by atoms with Crippen LogP contribution in [0.25, 0.3) is 0 Å². The summed E-state index contributed by atoms with van der Waals surface area (Å²) in [6.45, 7) is 4.05. The third-order valence-corrected chi connectivity index (χ3v) is 4.46. The molecule has 1 saturated heterocycles. The van der Waals surface area contributed by atoms with Crippen LogP contribution in [0, 0.1) is 0 Å². The van der Waals surface area contributed by atoms with Crippen LogP contribution in [-0.4, -0.2) is 42.3 Å². The number of benzene rings is 1. The van der Waals surface area contributed by atoms with Crippen molar-refractivity contribution < 1.29 is 9.53 Å². The first-order valence-corrected chi connectivity index (χ1v) is 8.08. The second-order valence-corrected chi connectivity index (χ2v) is 5.86. The molecule has 0 aliphatic carbocycles. The van der Waals surface area contributed by atoms with Crippen LogP contribution in [0.1, 0.15) is 19.8 Å². The van der Waals surface area contributed by atoms with Crippen molar-refractivity contribution in [1.82, 2.24) is 4.90 Å². The standard InChI is InChI=1S/C15H22N2O2S.ClH/c1-2-19-13-5-7-14(8-6-13)20-11-15(18)17-9-3-4-12(17)10-16;/h5-8,12H,2-4,9-11,16H2,1H3;1H. The molecule has 1 aromatic carbocycles. The summed E-state index contributed by atoms with van der Waals surface area (Å²) in [5.41, 5.74) is 5.70. The monoisotopic (exact) mass is 330 g/mol. The summed E-state index contributed by atoms with van der Waals surface area (Å²) in [6, 6.07) is 8.10. The lowest BCUT2D eigenvalue weighted by molar-refractivity contribution is -0.128. The number of nitrogens with zero attached hydrogens (tertiary/aromatic N) is 1. The number of carbonyl (C=O) groups excluding carboxylic acids is 1. The van der Waals surface area contributed by atoms with Gasteiger partial charge in [0.05, 0.1) is 12.4 Å². The first-order chi connectivity index (χ1) is 9.74. The molecule has 0 radical (unpaired) electrons. The van der Waals surface area contributed by atoms with Crippen LogP contribution >= 0.6 is 24.2 Å². The fraction of sp³-hybridized carbons (Fsp3) is 0.533. The Morgan fingerprint density at radius 3 is 2.76 bits per heavy atom. The molecule has 1 amide bonds. The molecule has 4 nitrogen and oxygen atoms in total. The number of hydrogen-bond donors (Lipinski definition) is 1. The summed E-state index contributed by atoms with van der Waals surface area (Å²) < 4.78 is 5.40. The van der Waals surface area contributed by atoms with E-state index in [-0.39, 0.29) is 24.4 Å². The van der Waals surface area contributed by atoms with Crippen LogP contribution in [0.3, 0.4) is 0 Å². The van der Waals surface area contributed by atoms with Gasteiger partial charge < -0.3 is 15.4 Å². The average Bonchev–Trinajstić information content (AvgIpc) is 2.95. The molecule has 0 spiro atoms. The number of nitrogens with two attached hydrogens (primary N) is 1. The Morgan fingerprint density at radius 1 is 1.43 bits per heavy atom. The SMILES string of the molecule is CCOc1ccc(SCC(=O)N2CCCC2CN)cc1.Cl. The fourth-order valence-corrected chi connectivity index (χ4v) is 3.22. The molecule has 0 bridgehead atoms. The number of likely N-dealkylation sites (tertiary alicyclic amines) is 1. The lowest BCUT2D eigenvalue weighted by atomic mass is 10.2. The summed E-state index contributed by atoms with van der Waals surface area (Å²) >= 11 is 1.57. The van der Waals surface area contributed by atoms with Gasteiger partial charge in [-0.1, -0.05) is 0 Å². The van der Waals surface area contributed by atoms with Crippen molar-refractivity contribution in [3.05, 3.63) is 24.3 Å². The lowest BCUT2D eigenvalue weighted by Gasteiger charge is -2.23. The van der Waals surface area contributed by atoms with Gasteiger partial charge >= 0.3 is 0 Å². The largest absolute Gasteiger partial charge is 0.494 e. The first kappa shape index (κ1) is 18.1. The van der Waals surface area contributed by atoms with Gasteiger partial charge in [0.1, 0.15) is 5.75 Å². The summed E-state index contributed by atoms with van der Waals surface area (Å²) in [7, 11) is 0. The first-order valence-electron chi connectivity index (χ1n) is 7.09. The second kappa shape index (κ2) is 9.18. The molecule has 2 N–H and O–H groups in total. The molecule has 1 aromatic rings. The Hall–Kier alpha value is -0.910. The third-order valence-electron chi connectivity index (χ3n) is 3.47. The van der Waals surface area contributed by atoms with E-state index in [4.69, 9.17) is 10.5 Å². The molecule has 1 atom stereocenters. The highest BCUT2D eigenvalue weighted by Gasteiger charge is 2.27. The minimum Gasteiger partial charge on any atom is -0.494 e. The molecular weight excluding hydrogens is 308 g/mol. The van der Waals surface area contributed by atoms with Crippen LogP contribution in [-0.2, 0) is 4.79 Å². The van der Waals surface area contributed by atoms with Crippen LogP contribution in [0.4, 0.5) is 0 Å². The molecule has 1 aliphatic rings. The van der Waals surface area contributed by atoms with Crippen molar-refractivity contribution in [2.45, 2.75) is 30.7 Å².